The summed E-state index contributed by atoms with van der Waals surface area (Å²) in [6.07, 6.45) is 0. The molecule has 0 aliphatic carbocycles. The Morgan fingerprint density at radius 1 is 1.40 bits per heavy atom. The van der Waals surface area contributed by atoms with Crippen LogP contribution >= 0.6 is 11.6 Å². The minimum absolute atomic E-state index is 0.0548. The van der Waals surface area contributed by atoms with Gasteiger partial charge in [-0.15, -0.1) is 0 Å². The molecule has 15 heavy (non-hydrogen) atoms. The molecule has 1 aromatic rings. The average molecular weight is 237 g/mol. The van der Waals surface area contributed by atoms with E-state index in [2.05, 4.69) is 4.74 Å². The quantitative estimate of drug-likeness (QED) is 0.582. The number of esters is 1. The monoisotopic (exact) mass is 237 g/mol. The van der Waals surface area contributed by atoms with Crippen LogP contribution in [-0.4, -0.2) is 20.1 Å². The summed E-state index contributed by atoms with van der Waals surface area (Å²) in [5.74, 6) is -1.05. The smallest absolute Gasteiger partial charge is 0.465 e. The van der Waals surface area contributed by atoms with Crippen molar-refractivity contribution in [2.24, 2.45) is 0 Å². The number of halogens is 4. The maximum atomic E-state index is 12.5. The van der Waals surface area contributed by atoms with E-state index in [0.29, 0.717) is 0 Å². The Balaban J connectivity index is 3.33. The van der Waals surface area contributed by atoms with Gasteiger partial charge in [0.05, 0.1) is 7.11 Å². The standard InChI is InChI=1S/C8H6BClF3O2/c1-15-8(14)6-4-5(10)2-3-7(6)9(11,12)13/h2-4H,1H3/q-1. The number of ether oxygens (including phenoxy) is 1. The average Bonchev–Trinajstić information content (AvgIpc) is 2.14. The lowest BCUT2D eigenvalue weighted by atomic mass is 9.77. The highest BCUT2D eigenvalue weighted by Gasteiger charge is 2.30. The summed E-state index contributed by atoms with van der Waals surface area (Å²) in [7, 11) is 1.01. The number of benzene rings is 1. The van der Waals surface area contributed by atoms with Crippen LogP contribution in [0.5, 0.6) is 0 Å². The molecule has 0 saturated heterocycles. The molecule has 0 bridgehead atoms. The summed E-state index contributed by atoms with van der Waals surface area (Å²) >= 11 is 5.50. The van der Waals surface area contributed by atoms with Gasteiger partial charge in [0.2, 0.25) is 0 Å². The van der Waals surface area contributed by atoms with Gasteiger partial charge in [-0.25, -0.2) is 4.79 Å². The van der Waals surface area contributed by atoms with Crippen molar-refractivity contribution in [2.75, 3.05) is 7.11 Å². The van der Waals surface area contributed by atoms with Crippen LogP contribution in [0.1, 0.15) is 10.4 Å². The SMILES string of the molecule is COC(=O)c1cc(Cl)ccc1[B-](F)(F)F. The maximum absolute atomic E-state index is 12.5. The number of rotatable bonds is 2. The highest BCUT2D eigenvalue weighted by molar-refractivity contribution is 6.74. The lowest BCUT2D eigenvalue weighted by molar-refractivity contribution is 0.0601. The fraction of sp³-hybridized carbons (Fsp3) is 0.125. The third kappa shape index (κ3) is 2.65. The summed E-state index contributed by atoms with van der Waals surface area (Å²) in [6.45, 7) is -5.25. The van der Waals surface area contributed by atoms with Crippen molar-refractivity contribution >= 4 is 30.0 Å². The molecule has 0 aliphatic rings. The minimum atomic E-state index is -5.25. The van der Waals surface area contributed by atoms with Crippen molar-refractivity contribution < 1.29 is 22.5 Å². The van der Waals surface area contributed by atoms with Crippen molar-refractivity contribution in [1.82, 2.24) is 0 Å². The molecule has 0 aromatic heterocycles. The summed E-state index contributed by atoms with van der Waals surface area (Å²) in [6, 6.07) is 2.80. The molecule has 0 radical (unpaired) electrons. The van der Waals surface area contributed by atoms with Crippen LogP contribution in [0.25, 0.3) is 0 Å². The molecule has 82 valence electrons. The second kappa shape index (κ2) is 4.14. The topological polar surface area (TPSA) is 26.3 Å². The largest absolute Gasteiger partial charge is 0.510 e. The second-order valence-corrected chi connectivity index (χ2v) is 3.23. The summed E-state index contributed by atoms with van der Waals surface area (Å²) in [5.41, 5.74) is -1.55. The third-order valence-corrected chi connectivity index (χ3v) is 2.01. The first-order valence-corrected chi connectivity index (χ1v) is 4.31. The number of hydrogen-bond donors (Lipinski definition) is 0. The predicted molar refractivity (Wildman–Crippen MR) is 51.5 cm³/mol. The van der Waals surface area contributed by atoms with Crippen molar-refractivity contribution in [3.63, 3.8) is 0 Å². The van der Waals surface area contributed by atoms with Gasteiger partial charge in [0.1, 0.15) is 0 Å². The van der Waals surface area contributed by atoms with Crippen LogP contribution in [0.3, 0.4) is 0 Å². The van der Waals surface area contributed by atoms with Gasteiger partial charge < -0.3 is 17.7 Å². The van der Waals surface area contributed by atoms with Gasteiger partial charge in [-0.3, -0.25) is 0 Å². The zero-order chi connectivity index (χ0) is 11.6. The third-order valence-electron chi connectivity index (χ3n) is 1.77. The first kappa shape index (κ1) is 11.9. The number of carbonyl (C=O) groups excluding carboxylic acids is 1. The van der Waals surface area contributed by atoms with Gasteiger partial charge in [0.25, 0.3) is 0 Å². The second-order valence-electron chi connectivity index (χ2n) is 2.80. The van der Waals surface area contributed by atoms with Gasteiger partial charge in [0.15, 0.2) is 0 Å². The van der Waals surface area contributed by atoms with Crippen LogP contribution in [-0.2, 0) is 4.74 Å². The van der Waals surface area contributed by atoms with Crippen molar-refractivity contribution in [3.05, 3.63) is 28.8 Å². The van der Waals surface area contributed by atoms with Gasteiger partial charge in [-0.05, 0) is 12.1 Å². The number of hydrogen-bond acceptors (Lipinski definition) is 2. The highest BCUT2D eigenvalue weighted by atomic mass is 35.5. The van der Waals surface area contributed by atoms with Crippen molar-refractivity contribution in [3.8, 4) is 0 Å². The zero-order valence-corrected chi connectivity index (χ0v) is 8.39. The number of methoxy groups -OCH3 is 1. The molecule has 0 N–H and O–H groups in total. The van der Waals surface area contributed by atoms with Crippen LogP contribution in [0.4, 0.5) is 12.9 Å². The normalized spacial score (nSPS) is 11.3. The maximum Gasteiger partial charge on any atom is 0.510 e. The molecule has 2 nitrogen and oxygen atoms in total. The molecular weight excluding hydrogens is 231 g/mol. The highest BCUT2D eigenvalue weighted by Crippen LogP contribution is 2.17. The van der Waals surface area contributed by atoms with Gasteiger partial charge in [0, 0.05) is 10.6 Å². The lowest BCUT2D eigenvalue weighted by Gasteiger charge is -2.18. The van der Waals surface area contributed by atoms with E-state index in [1.807, 2.05) is 0 Å². The van der Waals surface area contributed by atoms with Crippen LogP contribution < -0.4 is 5.46 Å². The predicted octanol–water partition coefficient (Wildman–Crippen LogP) is 2.18. The first-order valence-electron chi connectivity index (χ1n) is 3.94. The fourth-order valence-corrected chi connectivity index (χ4v) is 1.27. The summed E-state index contributed by atoms with van der Waals surface area (Å²) in [5, 5.41) is 0.0548. The lowest BCUT2D eigenvalue weighted by Crippen LogP contribution is -2.38. The zero-order valence-electron chi connectivity index (χ0n) is 7.64. The summed E-state index contributed by atoms with van der Waals surface area (Å²) in [4.78, 5) is 11.1. The number of carbonyl (C=O) groups is 1. The Morgan fingerprint density at radius 2 is 2.00 bits per heavy atom. The molecule has 0 heterocycles. The van der Waals surface area contributed by atoms with Crippen LogP contribution in [0, 0.1) is 0 Å². The Hall–Kier alpha value is -1.17. The molecular formula is C8H6BClF3O2-. The summed E-state index contributed by atoms with van der Waals surface area (Å²) < 4.78 is 41.7. The molecule has 0 spiro atoms. The van der Waals surface area contributed by atoms with E-state index in [9.17, 15) is 17.7 Å². The van der Waals surface area contributed by atoms with Crippen LogP contribution in [0.15, 0.2) is 18.2 Å². The van der Waals surface area contributed by atoms with E-state index in [-0.39, 0.29) is 5.02 Å². The molecule has 0 fully saturated rings. The van der Waals surface area contributed by atoms with E-state index in [4.69, 9.17) is 11.6 Å². The van der Waals surface area contributed by atoms with E-state index < -0.39 is 24.0 Å². The first-order chi connectivity index (χ1) is 6.86. The van der Waals surface area contributed by atoms with Crippen LogP contribution in [0.2, 0.25) is 5.02 Å². The van der Waals surface area contributed by atoms with E-state index in [0.717, 1.165) is 25.3 Å². The van der Waals surface area contributed by atoms with E-state index >= 15 is 0 Å². The van der Waals surface area contributed by atoms with E-state index in [1.54, 1.807) is 0 Å². The molecule has 0 unspecified atom stereocenters. The molecule has 7 heteroatoms. The molecule has 1 rings (SSSR count). The Morgan fingerprint density at radius 3 is 2.47 bits per heavy atom. The molecule has 0 aliphatic heterocycles. The Bertz CT molecular complexity index is 392. The van der Waals surface area contributed by atoms with E-state index in [1.165, 1.54) is 0 Å². The molecule has 0 amide bonds. The Kier molecular flexibility index (Phi) is 3.29. The molecule has 1 aromatic carbocycles. The Labute approximate surface area is 89.0 Å². The minimum Gasteiger partial charge on any atom is -0.465 e. The van der Waals surface area contributed by atoms with Gasteiger partial charge in [-0.2, -0.15) is 0 Å². The van der Waals surface area contributed by atoms with Crippen molar-refractivity contribution in [1.29, 1.82) is 0 Å². The van der Waals surface area contributed by atoms with Gasteiger partial charge >= 0.3 is 12.9 Å². The fourth-order valence-electron chi connectivity index (χ4n) is 1.10. The molecule has 0 saturated carbocycles. The molecule has 0 atom stereocenters. The van der Waals surface area contributed by atoms with Gasteiger partial charge in [-0.1, -0.05) is 23.1 Å². The van der Waals surface area contributed by atoms with Crippen molar-refractivity contribution in [2.45, 2.75) is 0 Å².